The monoisotopic (exact) mass is 761 g/mol. The first-order chi connectivity index (χ1) is 29.8. The molecule has 3 nitrogen and oxygen atoms in total. The van der Waals surface area contributed by atoms with Crippen molar-refractivity contribution in [2.75, 3.05) is 0 Å². The van der Waals surface area contributed by atoms with Crippen molar-refractivity contribution in [2.24, 2.45) is 0 Å². The van der Waals surface area contributed by atoms with Crippen molar-refractivity contribution in [3.8, 4) is 101 Å². The van der Waals surface area contributed by atoms with Crippen LogP contribution in [-0.2, 0) is 0 Å². The molecule has 0 saturated carbocycles. The highest BCUT2D eigenvalue weighted by molar-refractivity contribution is 6.10. The lowest BCUT2D eigenvalue weighted by Crippen LogP contribution is -2.03. The summed E-state index contributed by atoms with van der Waals surface area (Å²) >= 11 is 0. The number of hydrogen-bond donors (Lipinski definition) is 0. The van der Waals surface area contributed by atoms with E-state index in [9.17, 15) is 0 Å². The maximum atomic E-state index is 5.00. The van der Waals surface area contributed by atoms with Gasteiger partial charge in [0.15, 0.2) is 0 Å². The second kappa shape index (κ2) is 12.7. The molecule has 60 heavy (non-hydrogen) atoms. The summed E-state index contributed by atoms with van der Waals surface area (Å²) < 4.78 is 4.81. The summed E-state index contributed by atoms with van der Waals surface area (Å²) in [5.74, 6) is 0. The van der Waals surface area contributed by atoms with Gasteiger partial charge in [-0.15, -0.1) is 0 Å². The molecule has 0 aliphatic heterocycles. The van der Waals surface area contributed by atoms with Crippen molar-refractivity contribution in [3.63, 3.8) is 0 Å². The highest BCUT2D eigenvalue weighted by Crippen LogP contribution is 2.51. The number of nitrogens with zero attached hydrogens (tertiary/aromatic N) is 3. The summed E-state index contributed by atoms with van der Waals surface area (Å²) in [5, 5.41) is 2.52. The van der Waals surface area contributed by atoms with Gasteiger partial charge in [-0.05, 0) is 104 Å². The molecular formula is C57H35N3. The zero-order chi connectivity index (χ0) is 39.3. The molecule has 3 aromatic heterocycles. The third kappa shape index (κ3) is 4.69. The molecule has 3 heteroatoms. The van der Waals surface area contributed by atoms with Crippen LogP contribution in [0.15, 0.2) is 213 Å². The fourth-order valence-electron chi connectivity index (χ4n) is 10.2. The minimum atomic E-state index is 1.00. The van der Waals surface area contributed by atoms with Gasteiger partial charge in [0.2, 0.25) is 0 Å². The average molecular weight is 762 g/mol. The normalized spacial score (nSPS) is 12.0. The van der Waals surface area contributed by atoms with E-state index < -0.39 is 0 Å². The fraction of sp³-hybridized carbons (Fsp3) is 0. The number of pyridine rings is 1. The Hall–Kier alpha value is -8.01. The minimum absolute atomic E-state index is 1.00. The Morgan fingerprint density at radius 2 is 0.733 bits per heavy atom. The van der Waals surface area contributed by atoms with Gasteiger partial charge in [0.25, 0.3) is 0 Å². The summed E-state index contributed by atoms with van der Waals surface area (Å²) in [6.07, 6.45) is 4.15. The molecule has 0 saturated heterocycles. The molecule has 13 rings (SSSR count). The van der Waals surface area contributed by atoms with Crippen LogP contribution in [0.4, 0.5) is 0 Å². The number of hydrogen-bond acceptors (Lipinski definition) is 1. The Balaban J connectivity index is 1.07. The Kier molecular flexibility index (Phi) is 7.01. The van der Waals surface area contributed by atoms with E-state index in [1.165, 1.54) is 88.6 Å². The zero-order valence-corrected chi connectivity index (χ0v) is 32.5. The van der Waals surface area contributed by atoms with Crippen LogP contribution in [0.5, 0.6) is 0 Å². The second-order valence-electron chi connectivity index (χ2n) is 15.9. The van der Waals surface area contributed by atoms with Gasteiger partial charge >= 0.3 is 0 Å². The maximum Gasteiger partial charge on any atom is 0.0787 e. The van der Waals surface area contributed by atoms with Crippen LogP contribution in [0.25, 0.3) is 122 Å². The van der Waals surface area contributed by atoms with E-state index in [4.69, 9.17) is 4.98 Å². The molecule has 278 valence electrons. The smallest absolute Gasteiger partial charge is 0.0787 e. The highest BCUT2D eigenvalue weighted by Gasteiger charge is 2.27. The van der Waals surface area contributed by atoms with Crippen molar-refractivity contribution in [1.29, 1.82) is 0 Å². The highest BCUT2D eigenvalue weighted by atomic mass is 15.0. The predicted molar refractivity (Wildman–Crippen MR) is 249 cm³/mol. The molecule has 3 heterocycles. The Bertz CT molecular complexity index is 3510. The fourth-order valence-corrected chi connectivity index (χ4v) is 10.2. The lowest BCUT2D eigenvalue weighted by atomic mass is 9.80. The summed E-state index contributed by atoms with van der Waals surface area (Å²) in [4.78, 5) is 5.00. The van der Waals surface area contributed by atoms with Crippen molar-refractivity contribution in [3.05, 3.63) is 213 Å². The van der Waals surface area contributed by atoms with Crippen molar-refractivity contribution in [2.45, 2.75) is 0 Å². The van der Waals surface area contributed by atoms with Gasteiger partial charge in [0.1, 0.15) is 0 Å². The lowest BCUT2D eigenvalue weighted by Gasteiger charge is -2.25. The Morgan fingerprint density at radius 3 is 1.35 bits per heavy atom. The minimum Gasteiger partial charge on any atom is -0.316 e. The molecule has 0 unspecified atom stereocenters. The topological polar surface area (TPSA) is 22.8 Å². The van der Waals surface area contributed by atoms with Crippen molar-refractivity contribution in [1.82, 2.24) is 14.1 Å². The van der Waals surface area contributed by atoms with Gasteiger partial charge in [-0.3, -0.25) is 4.98 Å². The van der Waals surface area contributed by atoms with Crippen LogP contribution in [0, 0.1) is 0 Å². The summed E-state index contributed by atoms with van der Waals surface area (Å²) in [6, 6.07) is 73.5. The SMILES string of the molecule is c1ccc2c(c1)-c1ccccc1-c1cc(-n3c4ccccc4c4ccccc43)ccc1-c1ccc(-n3ccc4c3-c3ccccc3-c3ccccc3-c3ncccc3-4)cc1-2. The van der Waals surface area contributed by atoms with Crippen LogP contribution in [0.2, 0.25) is 0 Å². The summed E-state index contributed by atoms with van der Waals surface area (Å²) in [6.45, 7) is 0. The van der Waals surface area contributed by atoms with E-state index in [1.54, 1.807) is 0 Å². The first-order valence-corrected chi connectivity index (χ1v) is 20.6. The molecule has 0 spiro atoms. The van der Waals surface area contributed by atoms with Gasteiger partial charge in [-0.2, -0.15) is 0 Å². The maximum absolute atomic E-state index is 5.00. The first-order valence-electron chi connectivity index (χ1n) is 20.6. The van der Waals surface area contributed by atoms with Crippen LogP contribution >= 0.6 is 0 Å². The number of fused-ring (bicyclic) bond motifs is 19. The van der Waals surface area contributed by atoms with Crippen molar-refractivity contribution >= 4 is 21.8 Å². The van der Waals surface area contributed by atoms with Crippen molar-refractivity contribution < 1.29 is 0 Å². The number of aromatic nitrogens is 3. The molecule has 11 aromatic rings. The van der Waals surface area contributed by atoms with E-state index in [0.29, 0.717) is 0 Å². The Labute approximate surface area is 347 Å². The van der Waals surface area contributed by atoms with Crippen LogP contribution in [0.3, 0.4) is 0 Å². The average Bonchev–Trinajstić information content (AvgIpc) is 3.90. The Morgan fingerprint density at radius 1 is 0.300 bits per heavy atom. The second-order valence-corrected chi connectivity index (χ2v) is 15.9. The quantitative estimate of drug-likeness (QED) is 0.172. The summed E-state index contributed by atoms with van der Waals surface area (Å²) in [5.41, 5.74) is 23.6. The summed E-state index contributed by atoms with van der Waals surface area (Å²) in [7, 11) is 0. The lowest BCUT2D eigenvalue weighted by molar-refractivity contribution is 1.09. The zero-order valence-electron chi connectivity index (χ0n) is 32.5. The van der Waals surface area contributed by atoms with Gasteiger partial charge in [-0.25, -0.2) is 0 Å². The third-order valence-corrected chi connectivity index (χ3v) is 12.8. The van der Waals surface area contributed by atoms with Gasteiger partial charge < -0.3 is 9.13 Å². The molecule has 0 bridgehead atoms. The molecule has 0 N–H and O–H groups in total. The molecular weight excluding hydrogens is 727 g/mol. The van der Waals surface area contributed by atoms with E-state index in [0.717, 1.165) is 33.9 Å². The molecule has 0 fully saturated rings. The number of benzene rings is 8. The number of rotatable bonds is 2. The van der Waals surface area contributed by atoms with Crippen LogP contribution in [0.1, 0.15) is 0 Å². The molecule has 0 atom stereocenters. The van der Waals surface area contributed by atoms with Gasteiger partial charge in [-0.1, -0.05) is 152 Å². The number of para-hydroxylation sites is 2. The van der Waals surface area contributed by atoms with Gasteiger partial charge in [0.05, 0.1) is 22.4 Å². The van der Waals surface area contributed by atoms with E-state index in [1.807, 2.05) is 6.20 Å². The van der Waals surface area contributed by atoms with E-state index >= 15 is 0 Å². The standard InChI is InChI=1S/C57H35N3/c1-3-18-42-38(14-1)39-15-2-4-19-43(39)53-35-37(60-54-25-11-9-20-46(54)47-21-10-12-26-55(47)60)28-30-45(53)44-29-27-36(34-52(42)44)59-33-31-51-49-24-13-32-58-56(49)48-22-7-5-16-40(48)41-17-6-8-23-50(41)57(51)59/h1-35H. The van der Waals surface area contributed by atoms with Crippen LogP contribution in [-0.4, -0.2) is 14.1 Å². The third-order valence-electron chi connectivity index (χ3n) is 12.8. The van der Waals surface area contributed by atoms with Crippen LogP contribution < -0.4 is 0 Å². The van der Waals surface area contributed by atoms with Gasteiger partial charge in [0, 0.05) is 56.8 Å². The predicted octanol–water partition coefficient (Wildman–Crippen LogP) is 14.9. The molecule has 0 radical (unpaired) electrons. The largest absolute Gasteiger partial charge is 0.316 e. The molecule has 0 amide bonds. The molecule has 8 aromatic carbocycles. The molecule has 2 aliphatic rings. The van der Waals surface area contributed by atoms with E-state index in [-0.39, 0.29) is 0 Å². The van der Waals surface area contributed by atoms with E-state index in [2.05, 4.69) is 216 Å². The molecule has 2 aliphatic carbocycles. The first kappa shape index (κ1) is 33.0.